The minimum atomic E-state index is -4.74. The first kappa shape index (κ1) is 25.3. The SMILES string of the molecule is COC(=O)c1ccccc1OP(=O)(Oc1ccccc1C(=O)OC)Oc1ccccc1C(=O)OC. The summed E-state index contributed by atoms with van der Waals surface area (Å²) in [6.07, 6.45) is 0. The lowest BCUT2D eigenvalue weighted by Gasteiger charge is -2.22. The number of carbonyl (C=O) groups is 3. The first-order valence-corrected chi connectivity index (χ1v) is 11.5. The minimum absolute atomic E-state index is 0.0649. The van der Waals surface area contributed by atoms with Crippen LogP contribution in [0.1, 0.15) is 31.1 Å². The third-order valence-electron chi connectivity index (χ3n) is 4.51. The number of benzene rings is 3. The Bertz CT molecular complexity index is 1130. The van der Waals surface area contributed by atoms with Gasteiger partial charge in [-0.05, 0) is 36.4 Å². The normalized spacial score (nSPS) is 10.6. The van der Waals surface area contributed by atoms with Gasteiger partial charge in [-0.2, -0.15) is 4.57 Å². The second kappa shape index (κ2) is 11.2. The highest BCUT2D eigenvalue weighted by Crippen LogP contribution is 2.51. The summed E-state index contributed by atoms with van der Waals surface area (Å²) < 4.78 is 45.0. The molecule has 0 saturated heterocycles. The summed E-state index contributed by atoms with van der Waals surface area (Å²) in [4.78, 5) is 36.6. The van der Waals surface area contributed by atoms with Crippen LogP contribution in [-0.2, 0) is 18.8 Å². The molecule has 0 amide bonds. The van der Waals surface area contributed by atoms with Crippen LogP contribution in [-0.4, -0.2) is 39.2 Å². The first-order chi connectivity index (χ1) is 16.8. The second-order valence-corrected chi connectivity index (χ2v) is 8.13. The minimum Gasteiger partial charge on any atom is -0.465 e. The molecule has 0 heterocycles. The number of esters is 3. The maximum atomic E-state index is 14.0. The van der Waals surface area contributed by atoms with Crippen LogP contribution >= 0.6 is 7.82 Å². The van der Waals surface area contributed by atoms with E-state index in [0.717, 1.165) is 0 Å². The molecule has 0 aliphatic carbocycles. The average Bonchev–Trinajstić information content (AvgIpc) is 2.88. The van der Waals surface area contributed by atoms with Crippen molar-refractivity contribution in [3.05, 3.63) is 89.5 Å². The van der Waals surface area contributed by atoms with Gasteiger partial charge >= 0.3 is 25.7 Å². The number of carbonyl (C=O) groups excluding carboxylic acids is 3. The third-order valence-corrected chi connectivity index (χ3v) is 5.77. The molecule has 0 N–H and O–H groups in total. The van der Waals surface area contributed by atoms with E-state index in [1.165, 1.54) is 75.9 Å². The summed E-state index contributed by atoms with van der Waals surface area (Å²) in [5.41, 5.74) is -0.195. The molecule has 0 aromatic heterocycles. The van der Waals surface area contributed by atoms with Crippen LogP contribution in [0.15, 0.2) is 72.8 Å². The van der Waals surface area contributed by atoms with E-state index < -0.39 is 25.7 Å². The van der Waals surface area contributed by atoms with E-state index in [4.69, 9.17) is 27.8 Å². The standard InChI is InChI=1S/C24H21O10P/c1-29-22(25)16-10-4-7-13-19(16)32-35(28,33-20-14-8-5-11-17(20)23(26)30-2)34-21-15-9-6-12-18(21)24(27)31-3/h4-15H,1-3H3. The molecule has 0 atom stereocenters. The van der Waals surface area contributed by atoms with Crippen LogP contribution in [0.5, 0.6) is 17.2 Å². The van der Waals surface area contributed by atoms with Crippen LogP contribution in [0.4, 0.5) is 0 Å². The number of phosphoric acid groups is 1. The zero-order chi connectivity index (χ0) is 25.4. The molecule has 182 valence electrons. The molecule has 0 bridgehead atoms. The van der Waals surface area contributed by atoms with Gasteiger partial charge in [-0.25, -0.2) is 14.4 Å². The van der Waals surface area contributed by atoms with Crippen molar-refractivity contribution in [2.24, 2.45) is 0 Å². The quantitative estimate of drug-likeness (QED) is 0.232. The molecule has 11 heteroatoms. The number of phosphoric ester groups is 1. The fourth-order valence-corrected chi connectivity index (χ4v) is 4.20. The van der Waals surface area contributed by atoms with Crippen LogP contribution < -0.4 is 13.6 Å². The maximum Gasteiger partial charge on any atom is 0.647 e. The molecule has 35 heavy (non-hydrogen) atoms. The highest BCUT2D eigenvalue weighted by Gasteiger charge is 2.37. The molecule has 3 rings (SSSR count). The van der Waals surface area contributed by atoms with Gasteiger partial charge in [0.15, 0.2) is 0 Å². The van der Waals surface area contributed by atoms with E-state index in [2.05, 4.69) is 0 Å². The third kappa shape index (κ3) is 5.99. The number of methoxy groups -OCH3 is 3. The summed E-state index contributed by atoms with van der Waals surface area (Å²) >= 11 is 0. The van der Waals surface area contributed by atoms with E-state index in [1.54, 1.807) is 18.2 Å². The Balaban J connectivity index is 2.11. The van der Waals surface area contributed by atoms with E-state index in [1.807, 2.05) is 0 Å². The van der Waals surface area contributed by atoms with Gasteiger partial charge in [0.25, 0.3) is 0 Å². The van der Waals surface area contributed by atoms with Gasteiger partial charge in [0.05, 0.1) is 21.3 Å². The zero-order valence-electron chi connectivity index (χ0n) is 19.0. The molecule has 0 radical (unpaired) electrons. The summed E-state index contributed by atoms with van der Waals surface area (Å²) in [5.74, 6) is -2.86. The monoisotopic (exact) mass is 500 g/mol. The highest BCUT2D eigenvalue weighted by atomic mass is 31.2. The molecule has 10 nitrogen and oxygen atoms in total. The molecular formula is C24H21O10P. The predicted octanol–water partition coefficient (Wildman–Crippen LogP) is 4.69. The molecule has 0 spiro atoms. The first-order valence-electron chi connectivity index (χ1n) is 10.0. The topological polar surface area (TPSA) is 124 Å². The number of hydrogen-bond acceptors (Lipinski definition) is 10. The van der Waals surface area contributed by atoms with Crippen molar-refractivity contribution in [2.75, 3.05) is 21.3 Å². The Kier molecular flexibility index (Phi) is 8.12. The summed E-state index contributed by atoms with van der Waals surface area (Å²) in [7, 11) is -1.23. The molecule has 3 aromatic carbocycles. The van der Waals surface area contributed by atoms with E-state index in [9.17, 15) is 18.9 Å². The number of hydrogen-bond donors (Lipinski definition) is 0. The molecular weight excluding hydrogens is 479 g/mol. The summed E-state index contributed by atoms with van der Waals surface area (Å²) in [6.45, 7) is 0. The molecule has 3 aromatic rings. The van der Waals surface area contributed by atoms with Crippen molar-refractivity contribution in [3.8, 4) is 17.2 Å². The number of rotatable bonds is 9. The Labute approximate surface area is 200 Å². The van der Waals surface area contributed by atoms with Crippen molar-refractivity contribution in [1.29, 1.82) is 0 Å². The highest BCUT2D eigenvalue weighted by molar-refractivity contribution is 7.49. The van der Waals surface area contributed by atoms with Crippen molar-refractivity contribution >= 4 is 25.7 Å². The fourth-order valence-electron chi connectivity index (χ4n) is 2.89. The largest absolute Gasteiger partial charge is 0.647 e. The Morgan fingerprint density at radius 1 is 0.514 bits per heavy atom. The Morgan fingerprint density at radius 3 is 1.03 bits per heavy atom. The lowest BCUT2D eigenvalue weighted by atomic mass is 10.2. The molecule has 0 unspecified atom stereocenters. The number of para-hydroxylation sites is 3. The Hall–Kier alpha value is -4.30. The lowest BCUT2D eigenvalue weighted by molar-refractivity contribution is 0.0590. The molecule has 0 aliphatic rings. The van der Waals surface area contributed by atoms with Crippen LogP contribution in [0.3, 0.4) is 0 Å². The fraction of sp³-hybridized carbons (Fsp3) is 0.125. The predicted molar refractivity (Wildman–Crippen MR) is 123 cm³/mol. The van der Waals surface area contributed by atoms with Crippen molar-refractivity contribution in [1.82, 2.24) is 0 Å². The second-order valence-electron chi connectivity index (χ2n) is 6.68. The van der Waals surface area contributed by atoms with Crippen LogP contribution in [0.25, 0.3) is 0 Å². The van der Waals surface area contributed by atoms with E-state index in [-0.39, 0.29) is 33.9 Å². The van der Waals surface area contributed by atoms with Crippen LogP contribution in [0, 0.1) is 0 Å². The molecule has 0 saturated carbocycles. The van der Waals surface area contributed by atoms with Gasteiger partial charge in [-0.1, -0.05) is 36.4 Å². The van der Waals surface area contributed by atoms with E-state index >= 15 is 0 Å². The average molecular weight is 500 g/mol. The lowest BCUT2D eigenvalue weighted by Crippen LogP contribution is -2.14. The Morgan fingerprint density at radius 2 is 0.771 bits per heavy atom. The van der Waals surface area contributed by atoms with Gasteiger partial charge < -0.3 is 27.8 Å². The van der Waals surface area contributed by atoms with Crippen molar-refractivity contribution < 1.29 is 46.7 Å². The smallest absolute Gasteiger partial charge is 0.465 e. The maximum absolute atomic E-state index is 14.0. The summed E-state index contributed by atoms with van der Waals surface area (Å²) in [5, 5.41) is 0. The van der Waals surface area contributed by atoms with Gasteiger partial charge in [-0.3, -0.25) is 0 Å². The van der Waals surface area contributed by atoms with Crippen LogP contribution in [0.2, 0.25) is 0 Å². The summed E-state index contributed by atoms with van der Waals surface area (Å²) in [6, 6.07) is 17.4. The van der Waals surface area contributed by atoms with Gasteiger partial charge in [-0.15, -0.1) is 0 Å². The van der Waals surface area contributed by atoms with Crippen molar-refractivity contribution in [3.63, 3.8) is 0 Å². The van der Waals surface area contributed by atoms with Gasteiger partial charge in [0.1, 0.15) is 33.9 Å². The molecule has 0 aliphatic heterocycles. The van der Waals surface area contributed by atoms with Gasteiger partial charge in [0.2, 0.25) is 0 Å². The van der Waals surface area contributed by atoms with Gasteiger partial charge in [0, 0.05) is 0 Å². The van der Waals surface area contributed by atoms with Crippen molar-refractivity contribution in [2.45, 2.75) is 0 Å². The van der Waals surface area contributed by atoms with E-state index in [0.29, 0.717) is 0 Å². The zero-order valence-corrected chi connectivity index (χ0v) is 19.9. The molecule has 0 fully saturated rings. The number of ether oxygens (including phenoxy) is 3.